The molecule has 0 aliphatic heterocycles. The second kappa shape index (κ2) is 8.85. The maximum Gasteiger partial charge on any atom is 0.240 e. The number of hydrogen-bond donors (Lipinski definition) is 2. The van der Waals surface area contributed by atoms with Crippen molar-refractivity contribution in [2.24, 2.45) is 5.10 Å². The standard InChI is InChI=1S/C17H19N3O2S/c1-13-9-10-23-15(13)12-19-20-17(22)8-7-16(21)18-11-14-5-3-2-4-6-14/h2-6,9-10,12H,7-8,11H2,1H3,(H,18,21)(H,20,22). The Hall–Kier alpha value is -2.47. The molecule has 0 fully saturated rings. The van der Waals surface area contributed by atoms with Gasteiger partial charge in [-0.2, -0.15) is 5.10 Å². The zero-order valence-corrected chi connectivity index (χ0v) is 13.7. The lowest BCUT2D eigenvalue weighted by Crippen LogP contribution is -2.25. The molecule has 0 saturated carbocycles. The third-order valence-electron chi connectivity index (χ3n) is 3.18. The number of nitrogens with zero attached hydrogens (tertiary/aromatic N) is 1. The molecular formula is C17H19N3O2S. The molecule has 2 amide bonds. The van der Waals surface area contributed by atoms with E-state index in [0.717, 1.165) is 16.0 Å². The van der Waals surface area contributed by atoms with Gasteiger partial charge in [-0.05, 0) is 29.5 Å². The predicted molar refractivity (Wildman–Crippen MR) is 92.3 cm³/mol. The van der Waals surface area contributed by atoms with E-state index in [-0.39, 0.29) is 24.7 Å². The monoisotopic (exact) mass is 329 g/mol. The molecule has 0 aliphatic rings. The van der Waals surface area contributed by atoms with Gasteiger partial charge in [-0.15, -0.1) is 11.3 Å². The number of nitrogens with one attached hydrogen (secondary N) is 2. The molecule has 5 nitrogen and oxygen atoms in total. The van der Waals surface area contributed by atoms with Crippen molar-refractivity contribution in [1.29, 1.82) is 0 Å². The van der Waals surface area contributed by atoms with Crippen LogP contribution in [0.3, 0.4) is 0 Å². The van der Waals surface area contributed by atoms with Crippen molar-refractivity contribution < 1.29 is 9.59 Å². The van der Waals surface area contributed by atoms with Gasteiger partial charge in [-0.25, -0.2) is 5.43 Å². The SMILES string of the molecule is Cc1ccsc1C=NNC(=O)CCC(=O)NCc1ccccc1. The number of amides is 2. The van der Waals surface area contributed by atoms with Crippen LogP contribution in [0, 0.1) is 6.92 Å². The first-order chi connectivity index (χ1) is 11.1. The van der Waals surface area contributed by atoms with Crippen LogP contribution in [0.2, 0.25) is 0 Å². The maximum atomic E-state index is 11.7. The van der Waals surface area contributed by atoms with Gasteiger partial charge in [-0.1, -0.05) is 30.3 Å². The van der Waals surface area contributed by atoms with Crippen LogP contribution in [-0.4, -0.2) is 18.0 Å². The second-order valence-electron chi connectivity index (χ2n) is 5.02. The molecule has 1 aromatic heterocycles. The van der Waals surface area contributed by atoms with E-state index < -0.39 is 0 Å². The fourth-order valence-electron chi connectivity index (χ4n) is 1.85. The fourth-order valence-corrected chi connectivity index (χ4v) is 2.63. The molecule has 0 spiro atoms. The summed E-state index contributed by atoms with van der Waals surface area (Å²) in [5.41, 5.74) is 4.58. The molecule has 2 rings (SSSR count). The number of hydrazone groups is 1. The molecule has 1 aromatic carbocycles. The highest BCUT2D eigenvalue weighted by Crippen LogP contribution is 2.12. The lowest BCUT2D eigenvalue weighted by atomic mass is 10.2. The Labute approximate surface area is 139 Å². The Morgan fingerprint density at radius 2 is 1.87 bits per heavy atom. The van der Waals surface area contributed by atoms with E-state index in [4.69, 9.17) is 0 Å². The van der Waals surface area contributed by atoms with E-state index in [2.05, 4.69) is 15.8 Å². The highest BCUT2D eigenvalue weighted by molar-refractivity contribution is 7.11. The maximum absolute atomic E-state index is 11.7. The number of aryl methyl sites for hydroxylation is 1. The minimum atomic E-state index is -0.273. The first-order valence-corrected chi connectivity index (χ1v) is 8.20. The first kappa shape index (κ1) is 16.9. The minimum Gasteiger partial charge on any atom is -0.352 e. The molecule has 6 heteroatoms. The van der Waals surface area contributed by atoms with E-state index in [1.54, 1.807) is 17.6 Å². The Kier molecular flexibility index (Phi) is 6.50. The fraction of sp³-hybridized carbons (Fsp3) is 0.235. The van der Waals surface area contributed by atoms with Gasteiger partial charge in [0.2, 0.25) is 11.8 Å². The molecule has 0 bridgehead atoms. The number of thiophene rings is 1. The predicted octanol–water partition coefficient (Wildman–Crippen LogP) is 2.60. The molecule has 0 saturated heterocycles. The van der Waals surface area contributed by atoms with E-state index in [1.165, 1.54) is 0 Å². The molecule has 0 unspecified atom stereocenters. The molecule has 0 radical (unpaired) electrons. The Bertz CT molecular complexity index is 680. The summed E-state index contributed by atoms with van der Waals surface area (Å²) in [6, 6.07) is 11.6. The van der Waals surface area contributed by atoms with Gasteiger partial charge in [0, 0.05) is 24.3 Å². The minimum absolute atomic E-state index is 0.112. The van der Waals surface area contributed by atoms with Gasteiger partial charge < -0.3 is 5.32 Å². The number of carbonyl (C=O) groups excluding carboxylic acids is 2. The van der Waals surface area contributed by atoms with Crippen LogP contribution < -0.4 is 10.7 Å². The smallest absolute Gasteiger partial charge is 0.240 e. The van der Waals surface area contributed by atoms with Gasteiger partial charge in [0.05, 0.1) is 6.21 Å². The van der Waals surface area contributed by atoms with Crippen LogP contribution in [0.1, 0.15) is 28.8 Å². The van der Waals surface area contributed by atoms with Crippen LogP contribution in [0.25, 0.3) is 0 Å². The Morgan fingerprint density at radius 1 is 1.13 bits per heavy atom. The molecule has 1 heterocycles. The lowest BCUT2D eigenvalue weighted by molar-refractivity contribution is -0.126. The average Bonchev–Trinajstić information content (AvgIpc) is 2.97. The molecule has 0 aliphatic carbocycles. The summed E-state index contributed by atoms with van der Waals surface area (Å²) in [5, 5.41) is 8.65. The van der Waals surface area contributed by atoms with Crippen LogP contribution in [-0.2, 0) is 16.1 Å². The first-order valence-electron chi connectivity index (χ1n) is 7.32. The summed E-state index contributed by atoms with van der Waals surface area (Å²) in [6.07, 6.45) is 1.88. The summed E-state index contributed by atoms with van der Waals surface area (Å²) in [7, 11) is 0. The number of rotatable bonds is 7. The van der Waals surface area contributed by atoms with Crippen molar-refractivity contribution in [2.45, 2.75) is 26.3 Å². The number of benzene rings is 1. The lowest BCUT2D eigenvalue weighted by Gasteiger charge is -2.04. The molecule has 2 N–H and O–H groups in total. The Balaban J connectivity index is 1.65. The van der Waals surface area contributed by atoms with E-state index in [9.17, 15) is 9.59 Å². The summed E-state index contributed by atoms with van der Waals surface area (Å²) in [4.78, 5) is 24.3. The zero-order valence-electron chi connectivity index (χ0n) is 12.9. The van der Waals surface area contributed by atoms with E-state index in [1.807, 2.05) is 48.7 Å². The Morgan fingerprint density at radius 3 is 2.57 bits per heavy atom. The highest BCUT2D eigenvalue weighted by Gasteiger charge is 2.06. The summed E-state index contributed by atoms with van der Waals surface area (Å²) in [5.74, 6) is -0.424. The van der Waals surface area contributed by atoms with Gasteiger partial charge in [0.15, 0.2) is 0 Å². The van der Waals surface area contributed by atoms with Crippen molar-refractivity contribution in [2.75, 3.05) is 0 Å². The average molecular weight is 329 g/mol. The van der Waals surface area contributed by atoms with Gasteiger partial charge in [0.25, 0.3) is 0 Å². The quantitative estimate of drug-likeness (QED) is 0.605. The molecule has 0 atom stereocenters. The second-order valence-corrected chi connectivity index (χ2v) is 5.97. The molecular weight excluding hydrogens is 310 g/mol. The van der Waals surface area contributed by atoms with Crippen LogP contribution in [0.15, 0.2) is 46.9 Å². The van der Waals surface area contributed by atoms with Gasteiger partial charge in [-0.3, -0.25) is 9.59 Å². The molecule has 120 valence electrons. The van der Waals surface area contributed by atoms with Crippen LogP contribution in [0.5, 0.6) is 0 Å². The zero-order chi connectivity index (χ0) is 16.5. The largest absolute Gasteiger partial charge is 0.352 e. The number of carbonyl (C=O) groups is 2. The normalized spacial score (nSPS) is 10.7. The van der Waals surface area contributed by atoms with Crippen molar-refractivity contribution in [1.82, 2.24) is 10.7 Å². The van der Waals surface area contributed by atoms with E-state index >= 15 is 0 Å². The molecule has 2 aromatic rings. The number of hydrogen-bond acceptors (Lipinski definition) is 4. The third kappa shape index (κ3) is 6.04. The van der Waals surface area contributed by atoms with Gasteiger partial charge in [0.1, 0.15) is 0 Å². The van der Waals surface area contributed by atoms with Crippen molar-refractivity contribution in [3.05, 3.63) is 57.8 Å². The third-order valence-corrected chi connectivity index (χ3v) is 4.14. The molecule has 23 heavy (non-hydrogen) atoms. The highest BCUT2D eigenvalue weighted by atomic mass is 32.1. The van der Waals surface area contributed by atoms with Crippen molar-refractivity contribution in [3.63, 3.8) is 0 Å². The van der Waals surface area contributed by atoms with Gasteiger partial charge >= 0.3 is 0 Å². The van der Waals surface area contributed by atoms with E-state index in [0.29, 0.717) is 6.54 Å². The van der Waals surface area contributed by atoms with Crippen LogP contribution in [0.4, 0.5) is 0 Å². The van der Waals surface area contributed by atoms with Crippen LogP contribution >= 0.6 is 11.3 Å². The summed E-state index contributed by atoms with van der Waals surface area (Å²) < 4.78 is 0. The topological polar surface area (TPSA) is 70.6 Å². The van der Waals surface area contributed by atoms with Crippen molar-refractivity contribution in [3.8, 4) is 0 Å². The summed E-state index contributed by atoms with van der Waals surface area (Å²) >= 11 is 1.56. The van der Waals surface area contributed by atoms with Crippen molar-refractivity contribution >= 4 is 29.4 Å². The summed E-state index contributed by atoms with van der Waals surface area (Å²) in [6.45, 7) is 2.45.